The molecule has 1 atom stereocenters. The largest absolute Gasteiger partial charge is 0.377 e. The molecule has 0 bridgehead atoms. The number of nitrogens with one attached hydrogen (secondary N) is 1. The molecule has 1 fully saturated rings. The van der Waals surface area contributed by atoms with E-state index >= 15 is 0 Å². The molecule has 62 valence electrons. The van der Waals surface area contributed by atoms with Crippen LogP contribution in [0.4, 0.5) is 0 Å². The van der Waals surface area contributed by atoms with Gasteiger partial charge < -0.3 is 10.1 Å². The van der Waals surface area contributed by atoms with Gasteiger partial charge in [-0.05, 0) is 19.4 Å². The van der Waals surface area contributed by atoms with Crippen molar-refractivity contribution >= 4 is 12.4 Å². The van der Waals surface area contributed by atoms with E-state index in [4.69, 9.17) is 4.74 Å². The summed E-state index contributed by atoms with van der Waals surface area (Å²) in [7, 11) is 0. The summed E-state index contributed by atoms with van der Waals surface area (Å²) in [6.45, 7) is 5.25. The Morgan fingerprint density at radius 1 is 1.60 bits per heavy atom. The lowest BCUT2D eigenvalue weighted by Gasteiger charge is -2.07. The van der Waals surface area contributed by atoms with E-state index in [2.05, 4.69) is 12.2 Å². The van der Waals surface area contributed by atoms with Gasteiger partial charge in [-0.25, -0.2) is 0 Å². The van der Waals surface area contributed by atoms with Crippen molar-refractivity contribution in [1.82, 2.24) is 5.32 Å². The van der Waals surface area contributed by atoms with Crippen LogP contribution in [0.5, 0.6) is 0 Å². The van der Waals surface area contributed by atoms with Gasteiger partial charge in [0.2, 0.25) is 0 Å². The van der Waals surface area contributed by atoms with Gasteiger partial charge in [0.25, 0.3) is 0 Å². The summed E-state index contributed by atoms with van der Waals surface area (Å²) >= 11 is 0. The van der Waals surface area contributed by atoms with E-state index in [1.807, 2.05) is 0 Å². The maximum absolute atomic E-state index is 5.49. The standard InChI is InChI=1S/C7H15NO.ClH/c1-2-5-9-7-3-4-8-6-7;/h7-8H,2-6H2,1H3;1H/t7-;/m0./s1. The van der Waals surface area contributed by atoms with E-state index in [9.17, 15) is 0 Å². The monoisotopic (exact) mass is 165 g/mol. The molecule has 1 aliphatic rings. The van der Waals surface area contributed by atoms with Gasteiger partial charge in [0.05, 0.1) is 6.10 Å². The van der Waals surface area contributed by atoms with Gasteiger partial charge >= 0.3 is 0 Å². The zero-order chi connectivity index (χ0) is 6.53. The van der Waals surface area contributed by atoms with Crippen LogP contribution in [0.25, 0.3) is 0 Å². The quantitative estimate of drug-likeness (QED) is 0.679. The molecule has 0 spiro atoms. The topological polar surface area (TPSA) is 21.3 Å². The Morgan fingerprint density at radius 3 is 2.90 bits per heavy atom. The van der Waals surface area contributed by atoms with Crippen LogP contribution in [-0.2, 0) is 4.74 Å². The van der Waals surface area contributed by atoms with Crippen LogP contribution in [0.2, 0.25) is 0 Å². The minimum atomic E-state index is 0. The van der Waals surface area contributed by atoms with Crippen LogP contribution in [0.1, 0.15) is 19.8 Å². The molecule has 0 amide bonds. The molecular weight excluding hydrogens is 150 g/mol. The molecule has 0 aromatic rings. The Hall–Kier alpha value is 0.210. The highest BCUT2D eigenvalue weighted by molar-refractivity contribution is 5.85. The van der Waals surface area contributed by atoms with E-state index < -0.39 is 0 Å². The van der Waals surface area contributed by atoms with Crippen molar-refractivity contribution in [2.24, 2.45) is 0 Å². The van der Waals surface area contributed by atoms with Gasteiger partial charge in [-0.15, -0.1) is 12.4 Å². The van der Waals surface area contributed by atoms with Crippen molar-refractivity contribution in [3.05, 3.63) is 0 Å². The lowest BCUT2D eigenvalue weighted by atomic mass is 10.3. The predicted molar refractivity (Wildman–Crippen MR) is 44.8 cm³/mol. The maximum atomic E-state index is 5.49. The fraction of sp³-hybridized carbons (Fsp3) is 1.00. The molecule has 10 heavy (non-hydrogen) atoms. The smallest absolute Gasteiger partial charge is 0.0711 e. The van der Waals surface area contributed by atoms with Crippen LogP contribution in [0, 0.1) is 0 Å². The molecule has 1 rings (SSSR count). The highest BCUT2D eigenvalue weighted by Crippen LogP contribution is 2.02. The summed E-state index contributed by atoms with van der Waals surface area (Å²) < 4.78 is 5.49. The molecule has 0 aromatic heterocycles. The zero-order valence-corrected chi connectivity index (χ0v) is 7.25. The summed E-state index contributed by atoms with van der Waals surface area (Å²) in [4.78, 5) is 0. The minimum Gasteiger partial charge on any atom is -0.377 e. The SMILES string of the molecule is CCCO[C@H]1CCNC1.Cl. The van der Waals surface area contributed by atoms with Crippen molar-refractivity contribution in [2.45, 2.75) is 25.9 Å². The van der Waals surface area contributed by atoms with Gasteiger partial charge in [0.15, 0.2) is 0 Å². The number of rotatable bonds is 3. The Kier molecular flexibility index (Phi) is 6.08. The van der Waals surface area contributed by atoms with Crippen LogP contribution >= 0.6 is 12.4 Å². The first-order valence-electron chi connectivity index (χ1n) is 3.76. The molecule has 0 saturated carbocycles. The summed E-state index contributed by atoms with van der Waals surface area (Å²) in [5.41, 5.74) is 0. The van der Waals surface area contributed by atoms with Gasteiger partial charge in [0.1, 0.15) is 0 Å². The second-order valence-electron chi connectivity index (χ2n) is 2.49. The van der Waals surface area contributed by atoms with Crippen molar-refractivity contribution < 1.29 is 4.74 Å². The maximum Gasteiger partial charge on any atom is 0.0711 e. The highest BCUT2D eigenvalue weighted by atomic mass is 35.5. The lowest BCUT2D eigenvalue weighted by Crippen LogP contribution is -2.16. The van der Waals surface area contributed by atoms with E-state index in [0.717, 1.165) is 26.1 Å². The van der Waals surface area contributed by atoms with Crippen molar-refractivity contribution in [3.8, 4) is 0 Å². The third-order valence-corrected chi connectivity index (χ3v) is 1.57. The molecule has 1 N–H and O–H groups in total. The third-order valence-electron chi connectivity index (χ3n) is 1.57. The van der Waals surface area contributed by atoms with Crippen LogP contribution in [0.3, 0.4) is 0 Å². The molecule has 2 nitrogen and oxygen atoms in total. The lowest BCUT2D eigenvalue weighted by molar-refractivity contribution is 0.0676. The molecule has 0 unspecified atom stereocenters. The molecular formula is C7H16ClNO. The normalized spacial score (nSPS) is 24.3. The number of halogens is 1. The highest BCUT2D eigenvalue weighted by Gasteiger charge is 2.13. The molecule has 1 heterocycles. The van der Waals surface area contributed by atoms with Gasteiger partial charge in [-0.2, -0.15) is 0 Å². The zero-order valence-electron chi connectivity index (χ0n) is 6.43. The minimum absolute atomic E-state index is 0. The fourth-order valence-electron chi connectivity index (χ4n) is 1.05. The van der Waals surface area contributed by atoms with E-state index in [-0.39, 0.29) is 12.4 Å². The van der Waals surface area contributed by atoms with E-state index in [1.54, 1.807) is 0 Å². The fourth-order valence-corrected chi connectivity index (χ4v) is 1.05. The molecule has 0 aromatic carbocycles. The van der Waals surface area contributed by atoms with Crippen LogP contribution in [0.15, 0.2) is 0 Å². The third kappa shape index (κ3) is 3.40. The summed E-state index contributed by atoms with van der Waals surface area (Å²) in [6, 6.07) is 0. The summed E-state index contributed by atoms with van der Waals surface area (Å²) in [6.07, 6.45) is 2.83. The second-order valence-corrected chi connectivity index (χ2v) is 2.49. The van der Waals surface area contributed by atoms with Crippen LogP contribution < -0.4 is 5.32 Å². The van der Waals surface area contributed by atoms with Gasteiger partial charge in [0, 0.05) is 13.2 Å². The second kappa shape index (κ2) is 5.96. The number of ether oxygens (including phenoxy) is 1. The van der Waals surface area contributed by atoms with Crippen molar-refractivity contribution in [2.75, 3.05) is 19.7 Å². The Bertz CT molecular complexity index is 74.0. The number of hydrogen-bond donors (Lipinski definition) is 1. The average molecular weight is 166 g/mol. The van der Waals surface area contributed by atoms with Crippen molar-refractivity contribution in [1.29, 1.82) is 0 Å². The van der Waals surface area contributed by atoms with Crippen LogP contribution in [-0.4, -0.2) is 25.8 Å². The molecule has 3 heteroatoms. The molecule has 1 saturated heterocycles. The summed E-state index contributed by atoms with van der Waals surface area (Å²) in [5.74, 6) is 0. The first kappa shape index (κ1) is 10.2. The van der Waals surface area contributed by atoms with Gasteiger partial charge in [-0.1, -0.05) is 6.92 Å². The van der Waals surface area contributed by atoms with Gasteiger partial charge in [-0.3, -0.25) is 0 Å². The Balaban J connectivity index is 0.000000810. The van der Waals surface area contributed by atoms with Crippen molar-refractivity contribution in [3.63, 3.8) is 0 Å². The first-order valence-corrected chi connectivity index (χ1v) is 3.76. The van der Waals surface area contributed by atoms with E-state index in [0.29, 0.717) is 6.10 Å². The molecule has 0 radical (unpaired) electrons. The summed E-state index contributed by atoms with van der Waals surface area (Å²) in [5, 5.41) is 3.26. The molecule has 1 aliphatic heterocycles. The molecule has 0 aliphatic carbocycles. The van der Waals surface area contributed by atoms with E-state index in [1.165, 1.54) is 6.42 Å². The Morgan fingerprint density at radius 2 is 2.40 bits per heavy atom. The predicted octanol–water partition coefficient (Wildman–Crippen LogP) is 1.20. The number of hydrogen-bond acceptors (Lipinski definition) is 2. The Labute approximate surface area is 68.7 Å². The first-order chi connectivity index (χ1) is 4.43. The average Bonchev–Trinajstić information content (AvgIpc) is 2.34.